The monoisotopic (exact) mass is 371 g/mol. The Kier molecular flexibility index (Phi) is 5.58. The molecule has 0 spiro atoms. The Balaban J connectivity index is 1.73. The smallest absolute Gasteiger partial charge is 0.473 e. The molecule has 0 radical (unpaired) electrons. The molecule has 2 aromatic rings. The summed E-state index contributed by atoms with van der Waals surface area (Å²) in [6, 6.07) is 9.28. The molecule has 27 heavy (non-hydrogen) atoms. The normalized spacial score (nSPS) is 17.9. The van der Waals surface area contributed by atoms with E-state index in [0.29, 0.717) is 18.1 Å². The molecule has 1 fully saturated rings. The Morgan fingerprint density at radius 1 is 0.963 bits per heavy atom. The van der Waals surface area contributed by atoms with Gasteiger partial charge in [0.2, 0.25) is 5.88 Å². The van der Waals surface area contributed by atoms with Crippen LogP contribution in [0.25, 0.3) is 0 Å². The van der Waals surface area contributed by atoms with Crippen molar-refractivity contribution < 1.29 is 24.3 Å². The van der Waals surface area contributed by atoms with Crippen molar-refractivity contribution >= 4 is 12.6 Å². The highest BCUT2D eigenvalue weighted by Gasteiger charge is 2.51. The van der Waals surface area contributed by atoms with Crippen molar-refractivity contribution in [2.45, 2.75) is 58.7 Å². The number of benzene rings is 1. The highest BCUT2D eigenvalue weighted by Crippen LogP contribution is 2.36. The number of aliphatic hydroxyl groups excluding tert-OH is 2. The predicted octanol–water partition coefficient (Wildman–Crippen LogP) is 1.94. The minimum absolute atomic E-state index is 0.0116. The van der Waals surface area contributed by atoms with E-state index in [0.717, 1.165) is 16.6 Å². The first-order valence-electron chi connectivity index (χ1n) is 9.02. The fraction of sp³-hybridized carbons (Fsp3) is 0.450. The van der Waals surface area contributed by atoms with Crippen molar-refractivity contribution in [1.29, 1.82) is 0 Å². The summed E-state index contributed by atoms with van der Waals surface area (Å²) in [5.41, 5.74) is 2.25. The fourth-order valence-electron chi connectivity index (χ4n) is 2.76. The van der Waals surface area contributed by atoms with E-state index in [4.69, 9.17) is 19.2 Å². The number of hydrogen-bond donors (Lipinski definition) is 2. The quantitative estimate of drug-likeness (QED) is 0.756. The average Bonchev–Trinajstić information content (AvgIpc) is 2.87. The summed E-state index contributed by atoms with van der Waals surface area (Å²) >= 11 is 0. The van der Waals surface area contributed by atoms with Crippen LogP contribution in [0.3, 0.4) is 0 Å². The average molecular weight is 371 g/mol. The fourth-order valence-corrected chi connectivity index (χ4v) is 2.76. The zero-order valence-electron chi connectivity index (χ0n) is 16.2. The number of ether oxygens (including phenoxy) is 1. The highest BCUT2D eigenvalue weighted by atomic mass is 16.7. The van der Waals surface area contributed by atoms with Crippen LogP contribution in [-0.2, 0) is 29.1 Å². The lowest BCUT2D eigenvalue weighted by molar-refractivity contribution is 0.00578. The Labute approximate surface area is 160 Å². The number of pyridine rings is 1. The lowest BCUT2D eigenvalue weighted by Crippen LogP contribution is -2.41. The van der Waals surface area contributed by atoms with Gasteiger partial charge in [-0.1, -0.05) is 30.3 Å². The maximum Gasteiger partial charge on any atom is 0.496 e. The largest absolute Gasteiger partial charge is 0.496 e. The maximum atomic E-state index is 9.73. The molecule has 2 heterocycles. The summed E-state index contributed by atoms with van der Waals surface area (Å²) in [5.74, 6) is 0.379. The molecule has 3 rings (SSSR count). The van der Waals surface area contributed by atoms with Crippen molar-refractivity contribution in [3.63, 3.8) is 0 Å². The summed E-state index contributed by atoms with van der Waals surface area (Å²) < 4.78 is 17.8. The molecule has 0 bridgehead atoms. The van der Waals surface area contributed by atoms with E-state index < -0.39 is 18.3 Å². The summed E-state index contributed by atoms with van der Waals surface area (Å²) in [6.07, 6.45) is 1.66. The molecule has 1 aromatic heterocycles. The molecule has 1 aliphatic rings. The third-order valence-corrected chi connectivity index (χ3v) is 5.22. The molecule has 7 heteroatoms. The number of hydrogen-bond acceptors (Lipinski definition) is 6. The van der Waals surface area contributed by atoms with Crippen molar-refractivity contribution in [2.24, 2.45) is 0 Å². The lowest BCUT2D eigenvalue weighted by Gasteiger charge is -2.32. The first-order valence-corrected chi connectivity index (χ1v) is 9.02. The van der Waals surface area contributed by atoms with Crippen LogP contribution >= 0.6 is 0 Å². The zero-order valence-corrected chi connectivity index (χ0v) is 16.2. The molecule has 0 amide bonds. The molecule has 0 aliphatic carbocycles. The summed E-state index contributed by atoms with van der Waals surface area (Å²) in [5, 5.41) is 18.8. The molecular formula is C20H26BNO5. The first kappa shape index (κ1) is 19.8. The van der Waals surface area contributed by atoms with E-state index in [1.54, 1.807) is 12.3 Å². The van der Waals surface area contributed by atoms with Crippen molar-refractivity contribution in [2.75, 3.05) is 0 Å². The molecule has 6 nitrogen and oxygen atoms in total. The maximum absolute atomic E-state index is 9.73. The van der Waals surface area contributed by atoms with Crippen LogP contribution in [0.5, 0.6) is 5.88 Å². The third-order valence-electron chi connectivity index (χ3n) is 5.22. The summed E-state index contributed by atoms with van der Waals surface area (Å²) in [4.78, 5) is 4.36. The van der Waals surface area contributed by atoms with E-state index >= 15 is 0 Å². The molecule has 1 aliphatic heterocycles. The van der Waals surface area contributed by atoms with Gasteiger partial charge >= 0.3 is 7.12 Å². The first-order chi connectivity index (χ1) is 12.8. The summed E-state index contributed by atoms with van der Waals surface area (Å²) in [6.45, 7) is 8.11. The van der Waals surface area contributed by atoms with Gasteiger partial charge in [0.15, 0.2) is 0 Å². The SMILES string of the molecule is CC1(C)OB(c2cnc(OCc3ccc(CO)cc3)c(CO)c2)OC1(C)C. The third kappa shape index (κ3) is 4.16. The molecule has 0 saturated carbocycles. The molecule has 1 aromatic carbocycles. The second-order valence-electron chi connectivity index (χ2n) is 7.74. The van der Waals surface area contributed by atoms with Gasteiger partial charge in [-0.2, -0.15) is 0 Å². The molecule has 1 saturated heterocycles. The van der Waals surface area contributed by atoms with Crippen LogP contribution < -0.4 is 10.2 Å². The van der Waals surface area contributed by atoms with Gasteiger partial charge in [-0.3, -0.25) is 0 Å². The van der Waals surface area contributed by atoms with Crippen LogP contribution in [0.15, 0.2) is 36.5 Å². The standard InChI is InChI=1S/C20H26BNO5/c1-19(2)20(3,4)27-21(26-19)17-9-16(12-24)18(22-10-17)25-13-15-7-5-14(11-23)6-8-15/h5-10,23-24H,11-13H2,1-4H3. The number of rotatable bonds is 6. The lowest BCUT2D eigenvalue weighted by atomic mass is 9.80. The number of nitrogens with zero attached hydrogens (tertiary/aromatic N) is 1. The van der Waals surface area contributed by atoms with Gasteiger partial charge < -0.3 is 24.3 Å². The molecule has 144 valence electrons. The number of aromatic nitrogens is 1. The van der Waals surface area contributed by atoms with E-state index in [-0.39, 0.29) is 13.2 Å². The van der Waals surface area contributed by atoms with Crippen molar-refractivity contribution in [3.8, 4) is 5.88 Å². The van der Waals surface area contributed by atoms with Gasteiger partial charge in [0.1, 0.15) is 6.61 Å². The van der Waals surface area contributed by atoms with Crippen LogP contribution in [0.4, 0.5) is 0 Å². The second-order valence-corrected chi connectivity index (χ2v) is 7.74. The van der Waals surface area contributed by atoms with Crippen LogP contribution in [0.2, 0.25) is 0 Å². The highest BCUT2D eigenvalue weighted by molar-refractivity contribution is 6.62. The van der Waals surface area contributed by atoms with Crippen molar-refractivity contribution in [1.82, 2.24) is 4.98 Å². The van der Waals surface area contributed by atoms with E-state index in [1.807, 2.05) is 52.0 Å². The molecular weight excluding hydrogens is 345 g/mol. The van der Waals surface area contributed by atoms with Gasteiger partial charge in [-0.05, 0) is 38.8 Å². The minimum Gasteiger partial charge on any atom is -0.473 e. The van der Waals surface area contributed by atoms with Crippen LogP contribution in [0.1, 0.15) is 44.4 Å². The molecule has 2 N–H and O–H groups in total. The minimum atomic E-state index is -0.534. The van der Waals surface area contributed by atoms with E-state index in [2.05, 4.69) is 4.98 Å². The van der Waals surface area contributed by atoms with Crippen LogP contribution in [-0.4, -0.2) is 33.5 Å². The van der Waals surface area contributed by atoms with E-state index in [1.165, 1.54) is 0 Å². The molecule has 0 atom stereocenters. The van der Waals surface area contributed by atoms with Crippen molar-refractivity contribution in [3.05, 3.63) is 53.2 Å². The van der Waals surface area contributed by atoms with Gasteiger partial charge in [-0.15, -0.1) is 0 Å². The Morgan fingerprint density at radius 3 is 2.11 bits per heavy atom. The van der Waals surface area contributed by atoms with Gasteiger partial charge in [0, 0.05) is 17.2 Å². The Hall–Kier alpha value is -1.93. The van der Waals surface area contributed by atoms with Gasteiger partial charge in [-0.25, -0.2) is 4.98 Å². The van der Waals surface area contributed by atoms with E-state index in [9.17, 15) is 5.11 Å². The second kappa shape index (κ2) is 7.60. The van der Waals surface area contributed by atoms with Gasteiger partial charge in [0.05, 0.1) is 24.4 Å². The Morgan fingerprint density at radius 2 is 1.56 bits per heavy atom. The predicted molar refractivity (Wildman–Crippen MR) is 103 cm³/mol. The van der Waals surface area contributed by atoms with Gasteiger partial charge in [0.25, 0.3) is 0 Å². The van der Waals surface area contributed by atoms with Crippen LogP contribution in [0, 0.1) is 0 Å². The zero-order chi connectivity index (χ0) is 19.7. The number of aliphatic hydroxyl groups is 2. The molecule has 0 unspecified atom stereocenters. The topological polar surface area (TPSA) is 81.0 Å². The Bertz CT molecular complexity index is 775. The summed E-state index contributed by atoms with van der Waals surface area (Å²) in [7, 11) is -0.534.